The molecule has 0 fully saturated rings. The van der Waals surface area contributed by atoms with Crippen LogP contribution in [0.25, 0.3) is 0 Å². The fraction of sp³-hybridized carbons (Fsp3) is 0.455. The molecule has 0 amide bonds. The van der Waals surface area contributed by atoms with Gasteiger partial charge in [0.25, 0.3) is 0 Å². The number of aliphatic hydroxyl groups is 1. The predicted octanol–water partition coefficient (Wildman–Crippen LogP) is 3.23. The van der Waals surface area contributed by atoms with E-state index in [1.807, 2.05) is 26.8 Å². The molecule has 0 spiro atoms. The minimum absolute atomic E-state index is 0.502. The van der Waals surface area contributed by atoms with Crippen molar-refractivity contribution in [3.8, 4) is 0 Å². The lowest BCUT2D eigenvalue weighted by atomic mass is 10.0. The maximum atomic E-state index is 9.42. The van der Waals surface area contributed by atoms with Crippen molar-refractivity contribution < 1.29 is 5.11 Å². The van der Waals surface area contributed by atoms with Crippen LogP contribution in [0.1, 0.15) is 38.0 Å². The second-order valence-electron chi connectivity index (χ2n) is 2.85. The van der Waals surface area contributed by atoms with Gasteiger partial charge in [-0.3, -0.25) is 0 Å². The number of halogens is 1. The molecule has 1 N–H and O–H groups in total. The Morgan fingerprint density at radius 2 is 1.86 bits per heavy atom. The zero-order valence-electron chi connectivity index (χ0n) is 9.13. The van der Waals surface area contributed by atoms with E-state index in [0.717, 1.165) is 16.4 Å². The van der Waals surface area contributed by atoms with Crippen molar-refractivity contribution in [3.63, 3.8) is 0 Å². The average Bonchev–Trinajstić information content (AvgIpc) is 2.15. The second-order valence-corrected chi connectivity index (χ2v) is 3.88. The molecule has 0 saturated heterocycles. The number of benzene rings is 1. The molecule has 2 atom stereocenters. The smallest absolute Gasteiger partial charge is 0.0779 e. The summed E-state index contributed by atoms with van der Waals surface area (Å²) in [5.74, 6) is 0. The van der Waals surface area contributed by atoms with Crippen LogP contribution in [0.4, 0.5) is 0 Å². The Bertz CT molecular complexity index is 298. The summed E-state index contributed by atoms with van der Waals surface area (Å²) in [6, 6.07) is 3.73. The molecular weight excluding hydrogens is 215 g/mol. The molecule has 0 aliphatic carbocycles. The van der Waals surface area contributed by atoms with E-state index in [1.165, 1.54) is 0 Å². The highest BCUT2D eigenvalue weighted by molar-refractivity contribution is 7.27. The summed E-state index contributed by atoms with van der Waals surface area (Å²) >= 11 is 5.93. The lowest BCUT2D eigenvalue weighted by Crippen LogP contribution is -2.05. The van der Waals surface area contributed by atoms with Gasteiger partial charge >= 0.3 is 0 Å². The first-order valence-electron chi connectivity index (χ1n) is 4.76. The summed E-state index contributed by atoms with van der Waals surface area (Å²) in [5.41, 5.74) is 1.87. The van der Waals surface area contributed by atoms with E-state index in [-0.39, 0.29) is 0 Å². The van der Waals surface area contributed by atoms with E-state index in [0.29, 0.717) is 5.02 Å². The average molecular weight is 233 g/mol. The SMILES string of the molecule is CC.Cc1c(P)ccc(Cl)c1C(C)O. The molecule has 1 aromatic carbocycles. The van der Waals surface area contributed by atoms with Gasteiger partial charge in [-0.15, -0.1) is 9.24 Å². The third-order valence-corrected chi connectivity index (χ3v) is 2.88. The monoisotopic (exact) mass is 232 g/mol. The second kappa shape index (κ2) is 6.40. The predicted molar refractivity (Wildman–Crippen MR) is 67.5 cm³/mol. The van der Waals surface area contributed by atoms with Crippen molar-refractivity contribution in [2.45, 2.75) is 33.8 Å². The molecule has 0 bridgehead atoms. The van der Waals surface area contributed by atoms with Crippen LogP contribution in [0.2, 0.25) is 5.02 Å². The van der Waals surface area contributed by atoms with Crippen LogP contribution in [0.15, 0.2) is 12.1 Å². The number of rotatable bonds is 1. The van der Waals surface area contributed by atoms with E-state index < -0.39 is 6.10 Å². The molecule has 2 unspecified atom stereocenters. The first-order valence-corrected chi connectivity index (χ1v) is 5.72. The molecule has 3 heteroatoms. The molecule has 0 aliphatic rings. The molecule has 1 aromatic rings. The Balaban J connectivity index is 0.000000791. The summed E-state index contributed by atoms with van der Waals surface area (Å²) in [6.07, 6.45) is -0.502. The van der Waals surface area contributed by atoms with Crippen LogP contribution < -0.4 is 5.30 Å². The Hall–Kier alpha value is -0.100. The van der Waals surface area contributed by atoms with Gasteiger partial charge in [0.2, 0.25) is 0 Å². The van der Waals surface area contributed by atoms with Gasteiger partial charge in [-0.25, -0.2) is 0 Å². The Labute approximate surface area is 93.7 Å². The van der Waals surface area contributed by atoms with Crippen LogP contribution in [0.3, 0.4) is 0 Å². The normalized spacial score (nSPS) is 11.6. The largest absolute Gasteiger partial charge is 0.389 e. The Morgan fingerprint density at radius 1 is 1.36 bits per heavy atom. The number of hydrogen-bond donors (Lipinski definition) is 1. The van der Waals surface area contributed by atoms with Gasteiger partial charge in [-0.2, -0.15) is 0 Å². The molecule has 1 rings (SSSR count). The van der Waals surface area contributed by atoms with Gasteiger partial charge in [-0.05, 0) is 30.8 Å². The topological polar surface area (TPSA) is 20.2 Å². The van der Waals surface area contributed by atoms with Crippen molar-refractivity contribution in [2.75, 3.05) is 0 Å². The van der Waals surface area contributed by atoms with E-state index in [4.69, 9.17) is 11.6 Å². The molecule has 0 heterocycles. The minimum atomic E-state index is -0.502. The fourth-order valence-electron chi connectivity index (χ4n) is 1.23. The number of aliphatic hydroxyl groups excluding tert-OH is 1. The molecule has 0 radical (unpaired) electrons. The van der Waals surface area contributed by atoms with Gasteiger partial charge in [0.05, 0.1) is 6.10 Å². The van der Waals surface area contributed by atoms with Crippen molar-refractivity contribution in [3.05, 3.63) is 28.3 Å². The first-order chi connectivity index (χ1) is 6.54. The summed E-state index contributed by atoms with van der Waals surface area (Å²) in [5, 5.41) is 11.1. The zero-order valence-corrected chi connectivity index (χ0v) is 11.0. The third-order valence-electron chi connectivity index (χ3n) is 1.92. The lowest BCUT2D eigenvalue weighted by Gasteiger charge is -2.12. The molecule has 0 saturated carbocycles. The van der Waals surface area contributed by atoms with Crippen molar-refractivity contribution >= 4 is 26.1 Å². The summed E-state index contributed by atoms with van der Waals surface area (Å²) < 4.78 is 0. The maximum absolute atomic E-state index is 9.42. The standard InChI is InChI=1S/C9H12ClOP.C2H6/c1-5-8(12)4-3-7(10)9(5)6(2)11;1-2/h3-4,6,11H,12H2,1-2H3;1-2H3. The van der Waals surface area contributed by atoms with Gasteiger partial charge in [-0.1, -0.05) is 31.5 Å². The molecule has 0 aromatic heterocycles. The van der Waals surface area contributed by atoms with Crippen LogP contribution in [0.5, 0.6) is 0 Å². The first kappa shape index (κ1) is 13.9. The summed E-state index contributed by atoms with van der Waals surface area (Å²) in [7, 11) is 2.62. The Morgan fingerprint density at radius 3 is 2.21 bits per heavy atom. The fourth-order valence-corrected chi connectivity index (χ4v) is 1.84. The molecule has 1 nitrogen and oxygen atoms in total. The highest BCUT2D eigenvalue weighted by atomic mass is 35.5. The van der Waals surface area contributed by atoms with Crippen molar-refractivity contribution in [2.24, 2.45) is 0 Å². The molecule has 80 valence electrons. The van der Waals surface area contributed by atoms with Crippen LogP contribution >= 0.6 is 20.8 Å². The van der Waals surface area contributed by atoms with Crippen LogP contribution in [-0.2, 0) is 0 Å². The van der Waals surface area contributed by atoms with Gasteiger partial charge < -0.3 is 5.11 Å². The maximum Gasteiger partial charge on any atom is 0.0779 e. The van der Waals surface area contributed by atoms with Crippen molar-refractivity contribution in [1.29, 1.82) is 0 Å². The zero-order chi connectivity index (χ0) is 11.3. The minimum Gasteiger partial charge on any atom is -0.389 e. The van der Waals surface area contributed by atoms with Crippen LogP contribution in [0, 0.1) is 6.92 Å². The highest BCUT2D eigenvalue weighted by Gasteiger charge is 2.10. The van der Waals surface area contributed by atoms with Crippen molar-refractivity contribution in [1.82, 2.24) is 0 Å². The van der Waals surface area contributed by atoms with E-state index in [2.05, 4.69) is 9.24 Å². The van der Waals surface area contributed by atoms with E-state index in [9.17, 15) is 5.11 Å². The highest BCUT2D eigenvalue weighted by Crippen LogP contribution is 2.25. The third kappa shape index (κ3) is 3.24. The summed E-state index contributed by atoms with van der Waals surface area (Å²) in [4.78, 5) is 0. The van der Waals surface area contributed by atoms with Gasteiger partial charge in [0.15, 0.2) is 0 Å². The molecular formula is C11H18ClOP. The van der Waals surface area contributed by atoms with Gasteiger partial charge in [0, 0.05) is 10.6 Å². The quantitative estimate of drug-likeness (QED) is 0.737. The van der Waals surface area contributed by atoms with E-state index in [1.54, 1.807) is 13.0 Å². The molecule has 0 aliphatic heterocycles. The van der Waals surface area contributed by atoms with Gasteiger partial charge in [0.1, 0.15) is 0 Å². The van der Waals surface area contributed by atoms with E-state index >= 15 is 0 Å². The summed E-state index contributed by atoms with van der Waals surface area (Å²) in [6.45, 7) is 7.68. The van der Waals surface area contributed by atoms with Crippen LogP contribution in [-0.4, -0.2) is 5.11 Å². The lowest BCUT2D eigenvalue weighted by molar-refractivity contribution is 0.199. The Kier molecular flexibility index (Phi) is 6.35. The number of hydrogen-bond acceptors (Lipinski definition) is 1. The molecule has 14 heavy (non-hydrogen) atoms.